The van der Waals surface area contributed by atoms with Crippen molar-refractivity contribution in [1.82, 2.24) is 10.2 Å². The first kappa shape index (κ1) is 17.5. The molecule has 0 aromatic rings. The molecule has 3 nitrogen and oxygen atoms in total. The zero-order valence-corrected chi connectivity index (χ0v) is 13.9. The van der Waals surface area contributed by atoms with Gasteiger partial charge in [0.1, 0.15) is 5.54 Å². The molecule has 0 bridgehead atoms. The first-order valence-corrected chi connectivity index (χ1v) is 8.47. The van der Waals surface area contributed by atoms with Crippen LogP contribution < -0.4 is 5.32 Å². The molecule has 1 rings (SSSR count). The van der Waals surface area contributed by atoms with Gasteiger partial charge in [0.05, 0.1) is 6.07 Å². The molecule has 0 aromatic heterocycles. The van der Waals surface area contributed by atoms with Crippen molar-refractivity contribution in [3.8, 4) is 6.07 Å². The molecular weight excluding hydrogens is 246 g/mol. The van der Waals surface area contributed by atoms with E-state index >= 15 is 0 Å². The van der Waals surface area contributed by atoms with E-state index in [1.807, 2.05) is 0 Å². The van der Waals surface area contributed by atoms with Gasteiger partial charge < -0.3 is 4.90 Å². The first-order valence-electron chi connectivity index (χ1n) is 8.47. The maximum absolute atomic E-state index is 9.50. The predicted octanol–water partition coefficient (Wildman–Crippen LogP) is 3.56. The number of nitriles is 1. The lowest BCUT2D eigenvalue weighted by molar-refractivity contribution is 0.124. The summed E-state index contributed by atoms with van der Waals surface area (Å²) in [6.07, 6.45) is 6.73. The van der Waals surface area contributed by atoms with Crippen molar-refractivity contribution in [2.24, 2.45) is 5.92 Å². The van der Waals surface area contributed by atoms with Gasteiger partial charge in [-0.1, -0.05) is 20.8 Å². The molecule has 1 aliphatic rings. The largest absolute Gasteiger partial charge is 0.301 e. The lowest BCUT2D eigenvalue weighted by Gasteiger charge is -2.37. The van der Waals surface area contributed by atoms with Gasteiger partial charge >= 0.3 is 0 Å². The fourth-order valence-electron chi connectivity index (χ4n) is 3.30. The Hall–Kier alpha value is -0.590. The molecule has 3 unspecified atom stereocenters. The summed E-state index contributed by atoms with van der Waals surface area (Å²) in [4.78, 5) is 2.61. The van der Waals surface area contributed by atoms with Crippen molar-refractivity contribution in [1.29, 1.82) is 5.26 Å². The number of nitrogens with one attached hydrogen (secondary N) is 1. The van der Waals surface area contributed by atoms with Crippen molar-refractivity contribution < 1.29 is 0 Å². The molecule has 116 valence electrons. The summed E-state index contributed by atoms with van der Waals surface area (Å²) < 4.78 is 0. The van der Waals surface area contributed by atoms with Gasteiger partial charge in [-0.3, -0.25) is 5.32 Å². The lowest BCUT2D eigenvalue weighted by Crippen LogP contribution is -2.45. The van der Waals surface area contributed by atoms with E-state index in [0.717, 1.165) is 44.7 Å². The molecule has 0 aromatic carbocycles. The average Bonchev–Trinajstić information content (AvgIpc) is 2.45. The van der Waals surface area contributed by atoms with E-state index in [4.69, 9.17) is 0 Å². The van der Waals surface area contributed by atoms with E-state index in [9.17, 15) is 5.26 Å². The van der Waals surface area contributed by atoms with Crippen molar-refractivity contribution in [3.63, 3.8) is 0 Å². The minimum absolute atomic E-state index is 0.303. The second kappa shape index (κ2) is 8.64. The van der Waals surface area contributed by atoms with E-state index in [1.165, 1.54) is 19.4 Å². The van der Waals surface area contributed by atoms with E-state index < -0.39 is 0 Å². The molecule has 0 saturated carbocycles. The molecule has 3 atom stereocenters. The summed E-state index contributed by atoms with van der Waals surface area (Å²) in [6, 6.07) is 3.24. The van der Waals surface area contributed by atoms with Crippen LogP contribution in [-0.4, -0.2) is 36.1 Å². The predicted molar refractivity (Wildman–Crippen MR) is 85.6 cm³/mol. The Kier molecular flexibility index (Phi) is 7.55. The van der Waals surface area contributed by atoms with Gasteiger partial charge in [0.15, 0.2) is 0 Å². The summed E-state index contributed by atoms with van der Waals surface area (Å²) in [7, 11) is 0. The van der Waals surface area contributed by atoms with Gasteiger partial charge in [-0.15, -0.1) is 0 Å². The van der Waals surface area contributed by atoms with E-state index in [1.54, 1.807) is 0 Å². The molecular formula is C17H33N3. The Bertz CT molecular complexity index is 310. The maximum Gasteiger partial charge on any atom is 0.106 e. The first-order chi connectivity index (χ1) is 9.56. The Labute approximate surface area is 125 Å². The number of hydrogen-bond donors (Lipinski definition) is 1. The highest BCUT2D eigenvalue weighted by Crippen LogP contribution is 2.23. The highest BCUT2D eigenvalue weighted by Gasteiger charge is 2.28. The molecule has 0 radical (unpaired) electrons. The molecule has 20 heavy (non-hydrogen) atoms. The molecule has 0 amide bonds. The van der Waals surface area contributed by atoms with Crippen LogP contribution >= 0.6 is 0 Å². The standard InChI is InChI=1S/C17H33N3/c1-5-10-19-17(6-2,14-18)9-7-11-20-12-8-15(3)13-16(20)4/h15-16,19H,5-13H2,1-4H3. The molecule has 1 heterocycles. The third-order valence-electron chi connectivity index (χ3n) is 4.86. The second-order valence-electron chi connectivity index (χ2n) is 6.59. The highest BCUT2D eigenvalue weighted by atomic mass is 15.2. The number of rotatable bonds is 8. The minimum atomic E-state index is -0.303. The maximum atomic E-state index is 9.50. The van der Waals surface area contributed by atoms with Gasteiger partial charge in [0.2, 0.25) is 0 Å². The summed E-state index contributed by atoms with van der Waals surface area (Å²) >= 11 is 0. The normalized spacial score (nSPS) is 26.9. The number of nitrogens with zero attached hydrogens (tertiary/aromatic N) is 2. The summed E-state index contributed by atoms with van der Waals surface area (Å²) in [5, 5.41) is 13.0. The lowest BCUT2D eigenvalue weighted by atomic mass is 9.90. The van der Waals surface area contributed by atoms with Gasteiger partial charge in [-0.2, -0.15) is 5.26 Å². The minimum Gasteiger partial charge on any atom is -0.301 e. The fourth-order valence-corrected chi connectivity index (χ4v) is 3.30. The van der Waals surface area contributed by atoms with Gasteiger partial charge in [-0.05, 0) is 71.0 Å². The molecule has 0 spiro atoms. The molecule has 1 aliphatic heterocycles. The van der Waals surface area contributed by atoms with Crippen LogP contribution in [0.5, 0.6) is 0 Å². The van der Waals surface area contributed by atoms with Gasteiger partial charge in [0.25, 0.3) is 0 Å². The van der Waals surface area contributed by atoms with Gasteiger partial charge in [0, 0.05) is 6.04 Å². The van der Waals surface area contributed by atoms with Gasteiger partial charge in [-0.25, -0.2) is 0 Å². The van der Waals surface area contributed by atoms with Crippen LogP contribution in [0.1, 0.15) is 66.2 Å². The summed E-state index contributed by atoms with van der Waals surface area (Å²) in [5.41, 5.74) is -0.303. The van der Waals surface area contributed by atoms with Crippen molar-refractivity contribution in [3.05, 3.63) is 0 Å². The molecule has 1 fully saturated rings. The van der Waals surface area contributed by atoms with Crippen LogP contribution in [-0.2, 0) is 0 Å². The third kappa shape index (κ3) is 5.07. The van der Waals surface area contributed by atoms with E-state index in [2.05, 4.69) is 44.0 Å². The van der Waals surface area contributed by atoms with Crippen LogP contribution in [0, 0.1) is 17.2 Å². The SMILES string of the molecule is CCCNC(C#N)(CC)CCCN1CCC(C)CC1C. The quantitative estimate of drug-likeness (QED) is 0.738. The van der Waals surface area contributed by atoms with E-state index in [-0.39, 0.29) is 5.54 Å². The summed E-state index contributed by atoms with van der Waals surface area (Å²) in [6.45, 7) is 12.3. The van der Waals surface area contributed by atoms with Crippen LogP contribution in [0.3, 0.4) is 0 Å². The zero-order chi connectivity index (χ0) is 15.0. The van der Waals surface area contributed by atoms with Crippen molar-refractivity contribution >= 4 is 0 Å². The second-order valence-corrected chi connectivity index (χ2v) is 6.59. The van der Waals surface area contributed by atoms with Crippen LogP contribution in [0.15, 0.2) is 0 Å². The molecule has 0 aliphatic carbocycles. The fraction of sp³-hybridized carbons (Fsp3) is 0.941. The third-order valence-corrected chi connectivity index (χ3v) is 4.86. The monoisotopic (exact) mass is 279 g/mol. The summed E-state index contributed by atoms with van der Waals surface area (Å²) in [5.74, 6) is 0.876. The van der Waals surface area contributed by atoms with Crippen LogP contribution in [0.25, 0.3) is 0 Å². The van der Waals surface area contributed by atoms with Crippen LogP contribution in [0.4, 0.5) is 0 Å². The Morgan fingerprint density at radius 3 is 2.65 bits per heavy atom. The average molecular weight is 279 g/mol. The number of likely N-dealkylation sites (tertiary alicyclic amines) is 1. The van der Waals surface area contributed by atoms with Crippen LogP contribution in [0.2, 0.25) is 0 Å². The molecule has 1 saturated heterocycles. The molecule has 3 heteroatoms. The number of piperidine rings is 1. The number of hydrogen-bond acceptors (Lipinski definition) is 3. The van der Waals surface area contributed by atoms with Crippen molar-refractivity contribution in [2.75, 3.05) is 19.6 Å². The topological polar surface area (TPSA) is 39.1 Å². The molecule has 1 N–H and O–H groups in total. The van der Waals surface area contributed by atoms with Crippen molar-refractivity contribution in [2.45, 2.75) is 77.8 Å². The zero-order valence-electron chi connectivity index (χ0n) is 13.9. The highest BCUT2D eigenvalue weighted by molar-refractivity contribution is 5.06. The smallest absolute Gasteiger partial charge is 0.106 e. The Morgan fingerprint density at radius 1 is 1.35 bits per heavy atom. The Morgan fingerprint density at radius 2 is 2.10 bits per heavy atom. The van der Waals surface area contributed by atoms with E-state index in [0.29, 0.717) is 6.04 Å². The Balaban J connectivity index is 2.39.